The molecule has 4 nitrogen and oxygen atoms in total. The molecule has 2 N–H and O–H groups in total. The molecule has 0 atom stereocenters. The Hall–Kier alpha value is -1.69. The van der Waals surface area contributed by atoms with Gasteiger partial charge in [-0.2, -0.15) is 0 Å². The van der Waals surface area contributed by atoms with E-state index in [1.165, 1.54) is 11.8 Å². The molecular formula is C16H14Cl2N3OS+. The van der Waals surface area contributed by atoms with Crippen LogP contribution in [0.25, 0.3) is 11.0 Å². The highest BCUT2D eigenvalue weighted by Crippen LogP contribution is 2.25. The molecular weight excluding hydrogens is 353 g/mol. The van der Waals surface area contributed by atoms with Crippen LogP contribution in [0, 0.1) is 0 Å². The number of thioether (sulfide) groups is 1. The van der Waals surface area contributed by atoms with Crippen molar-refractivity contribution < 1.29 is 9.36 Å². The minimum atomic E-state index is -0.105. The number of halogens is 2. The summed E-state index contributed by atoms with van der Waals surface area (Å²) in [6, 6.07) is 13.0. The van der Waals surface area contributed by atoms with Crippen molar-refractivity contribution in [2.45, 2.75) is 5.16 Å². The van der Waals surface area contributed by atoms with E-state index in [0.29, 0.717) is 21.5 Å². The van der Waals surface area contributed by atoms with Crippen molar-refractivity contribution in [1.29, 1.82) is 0 Å². The molecule has 23 heavy (non-hydrogen) atoms. The minimum absolute atomic E-state index is 0.105. The van der Waals surface area contributed by atoms with Crippen LogP contribution in [-0.4, -0.2) is 16.6 Å². The quantitative estimate of drug-likeness (QED) is 0.540. The fraction of sp³-hybridized carbons (Fsp3) is 0.125. The largest absolute Gasteiger partial charge is 0.325 e. The second-order valence-corrected chi connectivity index (χ2v) is 6.75. The first kappa shape index (κ1) is 16.2. The SMILES string of the molecule is C[n+]1c(SCC(=O)Nc2ccc(Cl)c(Cl)c2)[nH]c2ccccc21. The topological polar surface area (TPSA) is 48.8 Å². The molecule has 0 saturated carbocycles. The lowest BCUT2D eigenvalue weighted by molar-refractivity contribution is -0.683. The van der Waals surface area contributed by atoms with Gasteiger partial charge in [0.2, 0.25) is 5.91 Å². The number of fused-ring (bicyclic) bond motifs is 1. The van der Waals surface area contributed by atoms with Gasteiger partial charge >= 0.3 is 5.16 Å². The van der Waals surface area contributed by atoms with E-state index in [-0.39, 0.29) is 5.91 Å². The Bertz CT molecular complexity index is 879. The standard InChI is InChI=1S/C16H13Cl2N3OS/c1-21-14-5-3-2-4-13(14)20-16(21)23-9-15(22)19-10-6-7-11(17)12(18)8-10/h2-8H,9H2,1H3,(H,19,22)/p+1. The molecule has 2 aromatic carbocycles. The number of nitrogens with zero attached hydrogens (tertiary/aromatic N) is 1. The van der Waals surface area contributed by atoms with Crippen LogP contribution in [0.4, 0.5) is 5.69 Å². The fourth-order valence-electron chi connectivity index (χ4n) is 2.22. The lowest BCUT2D eigenvalue weighted by atomic mass is 10.3. The van der Waals surface area contributed by atoms with Crippen molar-refractivity contribution in [3.8, 4) is 0 Å². The smallest absolute Gasteiger partial charge is 0.317 e. The van der Waals surface area contributed by atoms with Gasteiger partial charge in [-0.15, -0.1) is 0 Å². The molecule has 0 aliphatic carbocycles. The summed E-state index contributed by atoms with van der Waals surface area (Å²) in [6.45, 7) is 0. The maximum absolute atomic E-state index is 12.1. The van der Waals surface area contributed by atoms with Gasteiger partial charge in [0.05, 0.1) is 22.8 Å². The van der Waals surface area contributed by atoms with Crippen LogP contribution >= 0.6 is 35.0 Å². The van der Waals surface area contributed by atoms with E-state index in [1.54, 1.807) is 18.2 Å². The number of H-pyrrole nitrogens is 1. The molecule has 0 aliphatic rings. The fourth-order valence-corrected chi connectivity index (χ4v) is 3.33. The van der Waals surface area contributed by atoms with Crippen molar-refractivity contribution in [3.05, 3.63) is 52.5 Å². The summed E-state index contributed by atoms with van der Waals surface area (Å²) in [5, 5.41) is 4.61. The number of para-hydroxylation sites is 2. The third kappa shape index (κ3) is 3.63. The summed E-state index contributed by atoms with van der Waals surface area (Å²) in [4.78, 5) is 15.4. The van der Waals surface area contributed by atoms with Gasteiger partial charge in [-0.25, -0.2) is 9.55 Å². The summed E-state index contributed by atoms with van der Waals surface area (Å²) >= 11 is 13.2. The Morgan fingerprint density at radius 1 is 1.22 bits per heavy atom. The van der Waals surface area contributed by atoms with Gasteiger partial charge in [-0.3, -0.25) is 4.79 Å². The maximum Gasteiger partial charge on any atom is 0.317 e. The van der Waals surface area contributed by atoms with Crippen LogP contribution in [0.1, 0.15) is 0 Å². The molecule has 7 heteroatoms. The van der Waals surface area contributed by atoms with Gasteiger partial charge in [0.15, 0.2) is 11.0 Å². The summed E-state index contributed by atoms with van der Waals surface area (Å²) in [6.07, 6.45) is 0. The van der Waals surface area contributed by atoms with E-state index in [2.05, 4.69) is 10.3 Å². The van der Waals surface area contributed by atoms with E-state index in [9.17, 15) is 4.79 Å². The zero-order chi connectivity index (χ0) is 16.4. The van der Waals surface area contributed by atoms with E-state index in [0.717, 1.165) is 16.2 Å². The highest BCUT2D eigenvalue weighted by Gasteiger charge is 2.16. The number of benzene rings is 2. The van der Waals surface area contributed by atoms with E-state index < -0.39 is 0 Å². The molecule has 3 rings (SSSR count). The maximum atomic E-state index is 12.1. The first-order valence-corrected chi connectivity index (χ1v) is 8.63. The second-order valence-electron chi connectivity index (χ2n) is 4.97. The predicted octanol–water partition coefficient (Wildman–Crippen LogP) is 4.03. The van der Waals surface area contributed by atoms with Crippen molar-refractivity contribution in [1.82, 2.24) is 4.98 Å². The number of nitrogens with one attached hydrogen (secondary N) is 2. The van der Waals surface area contributed by atoms with Crippen molar-refractivity contribution >= 4 is 57.6 Å². The molecule has 118 valence electrons. The average molecular weight is 367 g/mol. The molecule has 1 amide bonds. The Morgan fingerprint density at radius 3 is 2.74 bits per heavy atom. The molecule has 0 saturated heterocycles. The molecule has 3 aromatic rings. The Balaban J connectivity index is 1.66. The van der Waals surface area contributed by atoms with Gasteiger partial charge in [0.1, 0.15) is 0 Å². The lowest BCUT2D eigenvalue weighted by Gasteiger charge is -2.05. The summed E-state index contributed by atoms with van der Waals surface area (Å²) < 4.78 is 2.03. The number of anilines is 1. The number of aromatic nitrogens is 2. The van der Waals surface area contributed by atoms with E-state index in [1.807, 2.05) is 35.9 Å². The molecule has 1 aromatic heterocycles. The number of aromatic amines is 1. The predicted molar refractivity (Wildman–Crippen MR) is 95.3 cm³/mol. The highest BCUT2D eigenvalue weighted by molar-refractivity contribution is 7.99. The first-order chi connectivity index (χ1) is 11.0. The number of carbonyl (C=O) groups excluding carboxylic acids is 1. The Morgan fingerprint density at radius 2 is 2.00 bits per heavy atom. The molecule has 0 radical (unpaired) electrons. The van der Waals surface area contributed by atoms with Crippen LogP contribution < -0.4 is 9.88 Å². The van der Waals surface area contributed by atoms with Gasteiger partial charge in [0.25, 0.3) is 0 Å². The van der Waals surface area contributed by atoms with Gasteiger partial charge in [-0.05, 0) is 42.1 Å². The zero-order valence-corrected chi connectivity index (χ0v) is 14.6. The van der Waals surface area contributed by atoms with Gasteiger partial charge in [-0.1, -0.05) is 35.3 Å². The molecule has 0 bridgehead atoms. The van der Waals surface area contributed by atoms with Crippen LogP contribution in [0.3, 0.4) is 0 Å². The monoisotopic (exact) mass is 366 g/mol. The van der Waals surface area contributed by atoms with Crippen molar-refractivity contribution in [3.63, 3.8) is 0 Å². The number of carbonyl (C=O) groups is 1. The minimum Gasteiger partial charge on any atom is -0.325 e. The summed E-state index contributed by atoms with van der Waals surface area (Å²) in [5.74, 6) is 0.188. The van der Waals surface area contributed by atoms with Crippen LogP contribution in [0.5, 0.6) is 0 Å². The van der Waals surface area contributed by atoms with Crippen molar-refractivity contribution in [2.24, 2.45) is 7.05 Å². The van der Waals surface area contributed by atoms with Crippen molar-refractivity contribution in [2.75, 3.05) is 11.1 Å². The van der Waals surface area contributed by atoms with E-state index >= 15 is 0 Å². The average Bonchev–Trinajstić information content (AvgIpc) is 2.86. The number of aryl methyl sites for hydroxylation is 1. The first-order valence-electron chi connectivity index (χ1n) is 6.89. The molecule has 0 unspecified atom stereocenters. The molecule has 0 aliphatic heterocycles. The molecule has 0 spiro atoms. The normalized spacial score (nSPS) is 10.9. The lowest BCUT2D eigenvalue weighted by Crippen LogP contribution is -2.29. The third-order valence-corrected chi connectivity index (χ3v) is 5.15. The van der Waals surface area contributed by atoms with Gasteiger partial charge < -0.3 is 5.32 Å². The number of amides is 1. The third-order valence-electron chi connectivity index (χ3n) is 3.35. The number of rotatable bonds is 4. The highest BCUT2D eigenvalue weighted by atomic mass is 35.5. The Labute approximate surface area is 147 Å². The van der Waals surface area contributed by atoms with E-state index in [4.69, 9.17) is 23.2 Å². The number of hydrogen-bond acceptors (Lipinski definition) is 2. The summed E-state index contributed by atoms with van der Waals surface area (Å²) in [7, 11) is 1.97. The van der Waals surface area contributed by atoms with Gasteiger partial charge in [0, 0.05) is 5.69 Å². The molecule has 1 heterocycles. The van der Waals surface area contributed by atoms with Crippen LogP contribution in [-0.2, 0) is 11.8 Å². The summed E-state index contributed by atoms with van der Waals surface area (Å²) in [5.41, 5.74) is 2.77. The Kier molecular flexibility index (Phi) is 4.80. The van der Waals surface area contributed by atoms with Crippen LogP contribution in [0.2, 0.25) is 10.0 Å². The zero-order valence-electron chi connectivity index (χ0n) is 12.3. The second kappa shape index (κ2) is 6.83. The van der Waals surface area contributed by atoms with Crippen LogP contribution in [0.15, 0.2) is 47.6 Å². The number of imidazole rings is 1. The molecule has 0 fully saturated rings. The number of hydrogen-bond donors (Lipinski definition) is 2.